The lowest BCUT2D eigenvalue weighted by Gasteiger charge is -2.25. The molecule has 88 valence electrons. The van der Waals surface area contributed by atoms with E-state index in [0.717, 1.165) is 18.8 Å². The van der Waals surface area contributed by atoms with Crippen molar-refractivity contribution in [2.45, 2.75) is 38.6 Å². The largest absolute Gasteiger partial charge is 0.381 e. The van der Waals surface area contributed by atoms with Crippen molar-refractivity contribution in [3.63, 3.8) is 0 Å². The van der Waals surface area contributed by atoms with E-state index in [1.807, 2.05) is 6.20 Å². The molecule has 0 saturated carbocycles. The Bertz CT molecular complexity index is 330. The Labute approximate surface area is 97.7 Å². The van der Waals surface area contributed by atoms with Crippen LogP contribution in [0.25, 0.3) is 0 Å². The van der Waals surface area contributed by atoms with Gasteiger partial charge in [0, 0.05) is 30.2 Å². The number of hydrogen-bond acceptors (Lipinski definition) is 3. The van der Waals surface area contributed by atoms with Crippen LogP contribution in [-0.4, -0.2) is 24.1 Å². The van der Waals surface area contributed by atoms with Crippen LogP contribution in [0.2, 0.25) is 0 Å². The van der Waals surface area contributed by atoms with Crippen molar-refractivity contribution >= 4 is 5.69 Å². The van der Waals surface area contributed by atoms with Gasteiger partial charge in [0.15, 0.2) is 0 Å². The summed E-state index contributed by atoms with van der Waals surface area (Å²) in [6.07, 6.45) is 4.42. The second-order valence-electron chi connectivity index (χ2n) is 4.81. The molecule has 3 heteroatoms. The second-order valence-corrected chi connectivity index (χ2v) is 4.81. The maximum Gasteiger partial charge on any atom is 0.0449 e. The van der Waals surface area contributed by atoms with Gasteiger partial charge in [-0.15, -0.1) is 0 Å². The Morgan fingerprint density at radius 2 is 2.38 bits per heavy atom. The monoisotopic (exact) mass is 219 g/mol. The summed E-state index contributed by atoms with van der Waals surface area (Å²) in [6, 6.07) is 4.79. The number of pyridine rings is 1. The van der Waals surface area contributed by atoms with E-state index < -0.39 is 0 Å². The lowest BCUT2D eigenvalue weighted by Crippen LogP contribution is -2.38. The predicted molar refractivity (Wildman–Crippen MR) is 67.8 cm³/mol. The predicted octanol–water partition coefficient (Wildman–Crippen LogP) is 2.37. The number of aromatic nitrogens is 1. The summed E-state index contributed by atoms with van der Waals surface area (Å²) in [5.41, 5.74) is 2.36. The topological polar surface area (TPSA) is 37.0 Å². The molecular weight excluding hydrogens is 198 g/mol. The van der Waals surface area contributed by atoms with Crippen molar-refractivity contribution in [1.29, 1.82) is 0 Å². The number of piperidine rings is 1. The smallest absolute Gasteiger partial charge is 0.0449 e. The zero-order chi connectivity index (χ0) is 11.4. The molecule has 2 heterocycles. The summed E-state index contributed by atoms with van der Waals surface area (Å²) in [4.78, 5) is 4.38. The summed E-state index contributed by atoms with van der Waals surface area (Å²) in [6.45, 7) is 6.58. The molecule has 1 aromatic heterocycles. The Kier molecular flexibility index (Phi) is 3.78. The van der Waals surface area contributed by atoms with Crippen LogP contribution in [0.3, 0.4) is 0 Å². The zero-order valence-corrected chi connectivity index (χ0v) is 10.2. The highest BCUT2D eigenvalue weighted by Crippen LogP contribution is 2.17. The first-order chi connectivity index (χ1) is 7.75. The van der Waals surface area contributed by atoms with E-state index >= 15 is 0 Å². The summed E-state index contributed by atoms with van der Waals surface area (Å²) < 4.78 is 0. The second kappa shape index (κ2) is 5.30. The molecule has 1 aliphatic rings. The molecule has 0 aliphatic carbocycles. The third kappa shape index (κ3) is 2.95. The van der Waals surface area contributed by atoms with Gasteiger partial charge in [0.25, 0.3) is 0 Å². The van der Waals surface area contributed by atoms with Crippen LogP contribution in [0, 0.1) is 0 Å². The van der Waals surface area contributed by atoms with Gasteiger partial charge in [-0.2, -0.15) is 0 Å². The molecule has 2 rings (SSSR count). The van der Waals surface area contributed by atoms with Crippen LogP contribution in [0.1, 0.15) is 38.3 Å². The highest BCUT2D eigenvalue weighted by molar-refractivity contribution is 5.44. The Hall–Kier alpha value is -1.09. The van der Waals surface area contributed by atoms with E-state index in [9.17, 15) is 0 Å². The van der Waals surface area contributed by atoms with E-state index in [-0.39, 0.29) is 0 Å². The molecule has 2 N–H and O–H groups in total. The normalized spacial score (nSPS) is 21.1. The molecule has 3 nitrogen and oxygen atoms in total. The minimum absolute atomic E-state index is 0.492. The highest BCUT2D eigenvalue weighted by atomic mass is 15.0. The Morgan fingerprint density at radius 1 is 1.50 bits per heavy atom. The third-order valence-electron chi connectivity index (χ3n) is 3.04. The number of nitrogens with one attached hydrogen (secondary N) is 2. The van der Waals surface area contributed by atoms with Gasteiger partial charge >= 0.3 is 0 Å². The van der Waals surface area contributed by atoms with Gasteiger partial charge in [-0.3, -0.25) is 4.98 Å². The van der Waals surface area contributed by atoms with Gasteiger partial charge < -0.3 is 10.6 Å². The van der Waals surface area contributed by atoms with Crippen molar-refractivity contribution in [2.75, 3.05) is 18.4 Å². The van der Waals surface area contributed by atoms with Gasteiger partial charge in [0.1, 0.15) is 0 Å². The molecule has 16 heavy (non-hydrogen) atoms. The zero-order valence-electron chi connectivity index (χ0n) is 10.2. The van der Waals surface area contributed by atoms with Crippen molar-refractivity contribution in [3.05, 3.63) is 24.0 Å². The number of anilines is 1. The molecule has 0 spiro atoms. The highest BCUT2D eigenvalue weighted by Gasteiger charge is 2.12. The van der Waals surface area contributed by atoms with Crippen LogP contribution in [-0.2, 0) is 0 Å². The van der Waals surface area contributed by atoms with Crippen molar-refractivity contribution in [1.82, 2.24) is 10.3 Å². The summed E-state index contributed by atoms with van der Waals surface area (Å²) in [5, 5.41) is 6.99. The number of rotatable bonds is 3. The van der Waals surface area contributed by atoms with Crippen molar-refractivity contribution in [2.24, 2.45) is 0 Å². The maximum atomic E-state index is 4.38. The molecule has 0 amide bonds. The Morgan fingerprint density at radius 3 is 3.06 bits per heavy atom. The van der Waals surface area contributed by atoms with Crippen molar-refractivity contribution < 1.29 is 0 Å². The van der Waals surface area contributed by atoms with Gasteiger partial charge in [-0.25, -0.2) is 0 Å². The van der Waals surface area contributed by atoms with Gasteiger partial charge in [0.2, 0.25) is 0 Å². The SMILES string of the molecule is CC(C)c1cc(NC2CCCNC2)ccn1. The molecule has 0 radical (unpaired) electrons. The van der Waals surface area contributed by atoms with E-state index in [1.54, 1.807) is 0 Å². The lowest BCUT2D eigenvalue weighted by molar-refractivity contribution is 0.480. The average Bonchev–Trinajstić information content (AvgIpc) is 2.30. The fourth-order valence-corrected chi connectivity index (χ4v) is 2.06. The van der Waals surface area contributed by atoms with Crippen LogP contribution in [0.5, 0.6) is 0 Å². The molecule has 0 aromatic carbocycles. The first-order valence-corrected chi connectivity index (χ1v) is 6.19. The molecule has 1 saturated heterocycles. The maximum absolute atomic E-state index is 4.38. The van der Waals surface area contributed by atoms with E-state index in [1.165, 1.54) is 18.5 Å². The lowest BCUT2D eigenvalue weighted by atomic mass is 10.1. The minimum Gasteiger partial charge on any atom is -0.381 e. The molecule has 1 aliphatic heterocycles. The Balaban J connectivity index is 2.00. The van der Waals surface area contributed by atoms with E-state index in [0.29, 0.717) is 12.0 Å². The first-order valence-electron chi connectivity index (χ1n) is 6.19. The standard InChI is InChI=1S/C13H21N3/c1-10(2)13-8-11(5-7-15-13)16-12-4-3-6-14-9-12/h5,7-8,10,12,14H,3-4,6,9H2,1-2H3,(H,15,16). The minimum atomic E-state index is 0.492. The molecule has 1 aromatic rings. The van der Waals surface area contributed by atoms with Gasteiger partial charge in [-0.1, -0.05) is 13.8 Å². The van der Waals surface area contributed by atoms with E-state index in [4.69, 9.17) is 0 Å². The molecule has 1 unspecified atom stereocenters. The van der Waals surface area contributed by atoms with Crippen LogP contribution in [0.4, 0.5) is 5.69 Å². The molecule has 1 fully saturated rings. The average molecular weight is 219 g/mol. The summed E-state index contributed by atoms with van der Waals surface area (Å²) in [7, 11) is 0. The quantitative estimate of drug-likeness (QED) is 0.819. The van der Waals surface area contributed by atoms with Crippen molar-refractivity contribution in [3.8, 4) is 0 Å². The number of nitrogens with zero attached hydrogens (tertiary/aromatic N) is 1. The van der Waals surface area contributed by atoms with Gasteiger partial charge in [0.05, 0.1) is 0 Å². The molecule has 0 bridgehead atoms. The fraction of sp³-hybridized carbons (Fsp3) is 0.615. The van der Waals surface area contributed by atoms with Gasteiger partial charge in [-0.05, 0) is 37.4 Å². The summed E-state index contributed by atoms with van der Waals surface area (Å²) >= 11 is 0. The van der Waals surface area contributed by atoms with Crippen LogP contribution in [0.15, 0.2) is 18.3 Å². The van der Waals surface area contributed by atoms with E-state index in [2.05, 4.69) is 41.6 Å². The summed E-state index contributed by atoms with van der Waals surface area (Å²) in [5.74, 6) is 0.492. The fourth-order valence-electron chi connectivity index (χ4n) is 2.06. The number of hydrogen-bond donors (Lipinski definition) is 2. The van der Waals surface area contributed by atoms with Crippen LogP contribution >= 0.6 is 0 Å². The first kappa shape index (κ1) is 11.4. The molecular formula is C13H21N3. The van der Waals surface area contributed by atoms with Crippen LogP contribution < -0.4 is 10.6 Å². The molecule has 1 atom stereocenters. The third-order valence-corrected chi connectivity index (χ3v) is 3.04.